The number of fused-ring (bicyclic) bond motifs is 1. The van der Waals surface area contributed by atoms with E-state index in [-0.39, 0.29) is 5.41 Å². The van der Waals surface area contributed by atoms with Gasteiger partial charge in [0, 0.05) is 23.0 Å². The standard InChI is InChI=1S/C21H21Cl2N5O.CH4O3S/c1-21(2,3)18-15(23)17(28(4)27-18)19-24-14-10-13(11-8-6-7-9-12(11)22)25-20(29-5)16(14)26-19;1-5(2,3)4/h6-10H,1-5H3,(H,24,26);1H3,(H,2,3,4). The average Bonchev–Trinajstić information content (AvgIpc) is 3.26. The number of nitrogens with zero attached hydrogens (tertiary/aromatic N) is 4. The first-order valence-electron chi connectivity index (χ1n) is 10.1. The molecule has 2 N–H and O–H groups in total. The SMILES string of the molecule is COc1nc(-c2ccccc2Cl)cc2nc(-c3c(Cl)c(C(C)(C)C)nn3C)[nH]c12.CS(=O)(=O)O. The molecule has 4 aromatic rings. The number of halogens is 2. The van der Waals surface area contributed by atoms with Crippen LogP contribution in [0.3, 0.4) is 0 Å². The van der Waals surface area contributed by atoms with Crippen molar-refractivity contribution in [3.05, 3.63) is 46.1 Å². The summed E-state index contributed by atoms with van der Waals surface area (Å²) in [4.78, 5) is 12.7. The van der Waals surface area contributed by atoms with Crippen LogP contribution >= 0.6 is 23.2 Å². The molecular formula is C22H25Cl2N5O4S. The molecule has 1 aromatic carbocycles. The fraction of sp³-hybridized carbons (Fsp3) is 0.318. The highest BCUT2D eigenvalue weighted by atomic mass is 35.5. The predicted molar refractivity (Wildman–Crippen MR) is 134 cm³/mol. The fourth-order valence-electron chi connectivity index (χ4n) is 3.28. The van der Waals surface area contributed by atoms with Crippen molar-refractivity contribution in [1.82, 2.24) is 24.7 Å². The molecule has 0 saturated carbocycles. The van der Waals surface area contributed by atoms with Gasteiger partial charge >= 0.3 is 0 Å². The summed E-state index contributed by atoms with van der Waals surface area (Å²) in [5, 5.41) is 5.80. The third-order valence-electron chi connectivity index (χ3n) is 4.71. The zero-order chi connectivity index (χ0) is 25.4. The summed E-state index contributed by atoms with van der Waals surface area (Å²) in [6, 6.07) is 9.42. The Balaban J connectivity index is 0.000000588. The number of hydrogen-bond acceptors (Lipinski definition) is 6. The van der Waals surface area contributed by atoms with Crippen LogP contribution in [0.4, 0.5) is 0 Å². The zero-order valence-electron chi connectivity index (χ0n) is 19.5. The van der Waals surface area contributed by atoms with Crippen LogP contribution in [0.2, 0.25) is 10.0 Å². The second-order valence-electron chi connectivity index (χ2n) is 8.59. The van der Waals surface area contributed by atoms with E-state index >= 15 is 0 Å². The number of methoxy groups -OCH3 is 1. The summed E-state index contributed by atoms with van der Waals surface area (Å²) >= 11 is 13.0. The Hall–Kier alpha value is -2.66. The van der Waals surface area contributed by atoms with Crippen LogP contribution in [0.1, 0.15) is 26.5 Å². The number of aromatic amines is 1. The van der Waals surface area contributed by atoms with E-state index in [1.807, 2.05) is 37.4 Å². The van der Waals surface area contributed by atoms with E-state index in [0.717, 1.165) is 11.3 Å². The topological polar surface area (TPSA) is 123 Å². The molecule has 0 aliphatic heterocycles. The smallest absolute Gasteiger partial charge is 0.261 e. The van der Waals surface area contributed by atoms with E-state index in [2.05, 4.69) is 35.8 Å². The Morgan fingerprint density at radius 3 is 2.29 bits per heavy atom. The van der Waals surface area contributed by atoms with Crippen molar-refractivity contribution in [3.8, 4) is 28.7 Å². The van der Waals surface area contributed by atoms with E-state index in [4.69, 9.17) is 37.5 Å². The Morgan fingerprint density at radius 2 is 1.76 bits per heavy atom. The van der Waals surface area contributed by atoms with Crippen molar-refractivity contribution in [2.45, 2.75) is 26.2 Å². The number of rotatable bonds is 3. The molecule has 0 unspecified atom stereocenters. The van der Waals surface area contributed by atoms with Gasteiger partial charge in [0.25, 0.3) is 10.1 Å². The van der Waals surface area contributed by atoms with E-state index < -0.39 is 10.1 Å². The Morgan fingerprint density at radius 1 is 1.15 bits per heavy atom. The van der Waals surface area contributed by atoms with Gasteiger partial charge in [0.2, 0.25) is 5.88 Å². The van der Waals surface area contributed by atoms with Crippen molar-refractivity contribution < 1.29 is 17.7 Å². The zero-order valence-corrected chi connectivity index (χ0v) is 21.8. The van der Waals surface area contributed by atoms with Crippen LogP contribution in [-0.4, -0.2) is 51.1 Å². The number of nitrogens with one attached hydrogen (secondary N) is 1. The van der Waals surface area contributed by atoms with Gasteiger partial charge in [0.15, 0.2) is 5.82 Å². The number of imidazole rings is 1. The van der Waals surface area contributed by atoms with Crippen LogP contribution in [0.5, 0.6) is 5.88 Å². The maximum Gasteiger partial charge on any atom is 0.261 e. The number of aryl methyl sites for hydroxylation is 1. The van der Waals surface area contributed by atoms with Gasteiger partial charge in [-0.3, -0.25) is 9.23 Å². The Labute approximate surface area is 207 Å². The van der Waals surface area contributed by atoms with Crippen molar-refractivity contribution >= 4 is 44.4 Å². The molecule has 182 valence electrons. The van der Waals surface area contributed by atoms with Gasteiger partial charge in [-0.15, -0.1) is 0 Å². The Bertz CT molecular complexity index is 1450. The van der Waals surface area contributed by atoms with E-state index in [9.17, 15) is 8.42 Å². The van der Waals surface area contributed by atoms with Gasteiger partial charge in [-0.2, -0.15) is 13.5 Å². The van der Waals surface area contributed by atoms with E-state index in [1.165, 1.54) is 0 Å². The van der Waals surface area contributed by atoms with E-state index in [1.54, 1.807) is 11.8 Å². The molecule has 0 spiro atoms. The van der Waals surface area contributed by atoms with Gasteiger partial charge in [0.1, 0.15) is 11.2 Å². The first kappa shape index (κ1) is 26.0. The lowest BCUT2D eigenvalue weighted by Crippen LogP contribution is -2.12. The normalized spacial score (nSPS) is 11.9. The maximum atomic E-state index is 9.19. The molecule has 0 radical (unpaired) electrons. The van der Waals surface area contributed by atoms with Gasteiger partial charge < -0.3 is 9.72 Å². The summed E-state index contributed by atoms with van der Waals surface area (Å²) < 4.78 is 33.1. The molecule has 0 atom stereocenters. The third-order valence-corrected chi connectivity index (χ3v) is 5.40. The molecule has 0 fully saturated rings. The Kier molecular flexibility index (Phi) is 7.28. The third kappa shape index (κ3) is 5.69. The van der Waals surface area contributed by atoms with Crippen LogP contribution in [-0.2, 0) is 22.6 Å². The first-order chi connectivity index (χ1) is 15.7. The number of aromatic nitrogens is 5. The number of ether oxygens (including phenoxy) is 1. The molecular weight excluding hydrogens is 501 g/mol. The molecule has 12 heteroatoms. The van der Waals surface area contributed by atoms with E-state index in [0.29, 0.717) is 50.4 Å². The monoisotopic (exact) mass is 525 g/mol. The molecule has 9 nitrogen and oxygen atoms in total. The largest absolute Gasteiger partial charge is 0.479 e. The molecule has 3 aromatic heterocycles. The summed E-state index contributed by atoms with van der Waals surface area (Å²) in [5.74, 6) is 1.04. The first-order valence-corrected chi connectivity index (χ1v) is 12.7. The molecule has 34 heavy (non-hydrogen) atoms. The number of benzene rings is 1. The highest BCUT2D eigenvalue weighted by Gasteiger charge is 2.27. The lowest BCUT2D eigenvalue weighted by molar-refractivity contribution is 0.403. The average molecular weight is 526 g/mol. The highest BCUT2D eigenvalue weighted by molar-refractivity contribution is 7.85. The second-order valence-corrected chi connectivity index (χ2v) is 10.8. The molecule has 3 heterocycles. The minimum Gasteiger partial charge on any atom is -0.479 e. The van der Waals surface area contributed by atoms with Gasteiger partial charge in [-0.05, 0) is 12.1 Å². The molecule has 0 aliphatic rings. The molecule has 0 bridgehead atoms. The molecule has 0 aliphatic carbocycles. The quantitative estimate of drug-likeness (QED) is 0.354. The minimum atomic E-state index is -3.67. The van der Waals surface area contributed by atoms with Crippen LogP contribution in [0, 0.1) is 0 Å². The van der Waals surface area contributed by atoms with Gasteiger partial charge in [-0.1, -0.05) is 62.2 Å². The lowest BCUT2D eigenvalue weighted by Gasteiger charge is -2.15. The fourth-order valence-corrected chi connectivity index (χ4v) is 4.05. The van der Waals surface area contributed by atoms with Crippen LogP contribution < -0.4 is 4.74 Å². The lowest BCUT2D eigenvalue weighted by atomic mass is 9.92. The molecule has 0 amide bonds. The second kappa shape index (κ2) is 9.53. The number of pyridine rings is 1. The highest BCUT2D eigenvalue weighted by Crippen LogP contribution is 2.37. The van der Waals surface area contributed by atoms with Gasteiger partial charge in [-0.25, -0.2) is 9.97 Å². The summed E-state index contributed by atoms with van der Waals surface area (Å²) in [7, 11) is -0.234. The van der Waals surface area contributed by atoms with Crippen molar-refractivity contribution in [3.63, 3.8) is 0 Å². The van der Waals surface area contributed by atoms with Crippen molar-refractivity contribution in [2.24, 2.45) is 7.05 Å². The molecule has 4 rings (SSSR count). The van der Waals surface area contributed by atoms with Crippen LogP contribution in [0.15, 0.2) is 30.3 Å². The predicted octanol–water partition coefficient (Wildman–Crippen LogP) is 5.14. The minimum absolute atomic E-state index is 0.185. The summed E-state index contributed by atoms with van der Waals surface area (Å²) in [5.41, 5.74) is 4.24. The summed E-state index contributed by atoms with van der Waals surface area (Å²) in [6.07, 6.45) is 0.715. The van der Waals surface area contributed by atoms with Crippen LogP contribution in [0.25, 0.3) is 33.8 Å². The maximum absolute atomic E-state index is 9.19. The van der Waals surface area contributed by atoms with Crippen molar-refractivity contribution in [2.75, 3.05) is 13.4 Å². The van der Waals surface area contributed by atoms with Gasteiger partial charge in [0.05, 0.1) is 35.3 Å². The number of hydrogen-bond donors (Lipinski definition) is 2. The number of H-pyrrole nitrogens is 1. The van der Waals surface area contributed by atoms with Crippen molar-refractivity contribution in [1.29, 1.82) is 0 Å². The summed E-state index contributed by atoms with van der Waals surface area (Å²) in [6.45, 7) is 6.23. The molecule has 0 saturated heterocycles.